The van der Waals surface area contributed by atoms with Crippen LogP contribution >= 0.6 is 11.6 Å². The molecule has 2 amide bonds. The highest BCUT2D eigenvalue weighted by Gasteiger charge is 2.14. The summed E-state index contributed by atoms with van der Waals surface area (Å²) in [6.45, 7) is 4.42. The molecule has 0 radical (unpaired) electrons. The molecule has 1 aromatic heterocycles. The van der Waals surface area contributed by atoms with Crippen molar-refractivity contribution in [1.29, 1.82) is 0 Å². The van der Waals surface area contributed by atoms with Gasteiger partial charge in [-0.05, 0) is 23.3 Å². The fourth-order valence-corrected chi connectivity index (χ4v) is 3.08. The molecule has 28 heavy (non-hydrogen) atoms. The van der Waals surface area contributed by atoms with Gasteiger partial charge in [-0.2, -0.15) is 0 Å². The van der Waals surface area contributed by atoms with Crippen LogP contribution < -0.4 is 10.6 Å². The molecule has 1 aliphatic rings. The zero-order valence-corrected chi connectivity index (χ0v) is 16.2. The third-order valence-electron chi connectivity index (χ3n) is 4.46. The summed E-state index contributed by atoms with van der Waals surface area (Å²) in [7, 11) is 0. The number of morpholine rings is 1. The molecule has 148 valence electrons. The van der Waals surface area contributed by atoms with Crippen LogP contribution in [0.25, 0.3) is 0 Å². The predicted molar refractivity (Wildman–Crippen MR) is 106 cm³/mol. The lowest BCUT2D eigenvalue weighted by atomic mass is 10.1. The standard InChI is InChI=1S/C20H23ClN4O3/c21-17-5-6-22-18(11-17)20(27)24-13-19(26)23-12-15-3-1-2-4-16(15)14-25-7-9-28-10-8-25/h1-6,11H,7-10,12-14H2,(H,23,26)(H,24,27). The van der Waals surface area contributed by atoms with E-state index in [0.717, 1.165) is 38.4 Å². The molecule has 2 aromatic rings. The molecule has 0 saturated carbocycles. The number of nitrogens with zero attached hydrogens (tertiary/aromatic N) is 2. The minimum atomic E-state index is -0.439. The number of halogens is 1. The molecule has 0 unspecified atom stereocenters. The summed E-state index contributed by atoms with van der Waals surface area (Å²) in [6.07, 6.45) is 1.45. The van der Waals surface area contributed by atoms with Crippen LogP contribution in [-0.2, 0) is 22.6 Å². The zero-order valence-electron chi connectivity index (χ0n) is 15.5. The maximum absolute atomic E-state index is 12.1. The van der Waals surface area contributed by atoms with E-state index in [0.29, 0.717) is 11.6 Å². The minimum absolute atomic E-state index is 0.126. The maximum Gasteiger partial charge on any atom is 0.270 e. The number of carbonyl (C=O) groups excluding carboxylic acids is 2. The number of hydrogen-bond acceptors (Lipinski definition) is 5. The summed E-state index contributed by atoms with van der Waals surface area (Å²) in [5.41, 5.74) is 2.41. The summed E-state index contributed by atoms with van der Waals surface area (Å²) >= 11 is 5.84. The molecule has 2 N–H and O–H groups in total. The minimum Gasteiger partial charge on any atom is -0.379 e. The summed E-state index contributed by atoms with van der Waals surface area (Å²) in [5.74, 6) is -0.707. The molecule has 0 bridgehead atoms. The van der Waals surface area contributed by atoms with Crippen LogP contribution in [0.1, 0.15) is 21.6 Å². The van der Waals surface area contributed by atoms with E-state index in [9.17, 15) is 9.59 Å². The second-order valence-electron chi connectivity index (χ2n) is 6.48. The second kappa shape index (κ2) is 10.2. The number of ether oxygens (including phenoxy) is 1. The van der Waals surface area contributed by atoms with E-state index in [2.05, 4.69) is 26.6 Å². The van der Waals surface area contributed by atoms with E-state index in [1.165, 1.54) is 17.8 Å². The van der Waals surface area contributed by atoms with Crippen molar-refractivity contribution in [2.75, 3.05) is 32.8 Å². The van der Waals surface area contributed by atoms with Crippen molar-refractivity contribution >= 4 is 23.4 Å². The Balaban J connectivity index is 1.48. The SMILES string of the molecule is O=C(CNC(=O)c1cc(Cl)ccn1)NCc1ccccc1CN1CCOCC1. The summed E-state index contributed by atoms with van der Waals surface area (Å²) in [6, 6.07) is 11.1. The number of rotatable bonds is 7. The van der Waals surface area contributed by atoms with Crippen molar-refractivity contribution in [1.82, 2.24) is 20.5 Å². The number of nitrogens with one attached hydrogen (secondary N) is 2. The number of aromatic nitrogens is 1. The average molecular weight is 403 g/mol. The normalized spacial score (nSPS) is 14.5. The fraction of sp³-hybridized carbons (Fsp3) is 0.350. The maximum atomic E-state index is 12.1. The van der Waals surface area contributed by atoms with Gasteiger partial charge < -0.3 is 15.4 Å². The number of carbonyl (C=O) groups is 2. The summed E-state index contributed by atoms with van der Waals surface area (Å²) in [4.78, 5) is 30.4. The second-order valence-corrected chi connectivity index (χ2v) is 6.91. The third kappa shape index (κ3) is 6.02. The quantitative estimate of drug-likeness (QED) is 0.735. The van der Waals surface area contributed by atoms with E-state index in [1.807, 2.05) is 18.2 Å². The molecule has 1 aromatic carbocycles. The van der Waals surface area contributed by atoms with Gasteiger partial charge in [0.2, 0.25) is 5.91 Å². The van der Waals surface area contributed by atoms with Crippen LogP contribution in [0.4, 0.5) is 0 Å². The number of amides is 2. The Morgan fingerprint density at radius 3 is 2.61 bits per heavy atom. The van der Waals surface area contributed by atoms with Gasteiger partial charge in [-0.1, -0.05) is 35.9 Å². The smallest absolute Gasteiger partial charge is 0.270 e. The fourth-order valence-electron chi connectivity index (χ4n) is 2.92. The highest BCUT2D eigenvalue weighted by Crippen LogP contribution is 2.13. The molecule has 3 rings (SSSR count). The Morgan fingerprint density at radius 1 is 1.11 bits per heavy atom. The van der Waals surface area contributed by atoms with Gasteiger partial charge in [0.05, 0.1) is 19.8 Å². The molecular formula is C20H23ClN4O3. The lowest BCUT2D eigenvalue weighted by molar-refractivity contribution is -0.120. The van der Waals surface area contributed by atoms with Crippen molar-refractivity contribution < 1.29 is 14.3 Å². The molecule has 7 nitrogen and oxygen atoms in total. The molecule has 0 spiro atoms. The molecule has 1 fully saturated rings. The first kappa shape index (κ1) is 20.3. The van der Waals surface area contributed by atoms with Crippen LogP contribution in [0.3, 0.4) is 0 Å². The van der Waals surface area contributed by atoms with Gasteiger partial charge in [0, 0.05) is 37.4 Å². The van der Waals surface area contributed by atoms with Gasteiger partial charge in [0.25, 0.3) is 5.91 Å². The Hall–Kier alpha value is -2.48. The Morgan fingerprint density at radius 2 is 1.86 bits per heavy atom. The van der Waals surface area contributed by atoms with Crippen LogP contribution in [0.2, 0.25) is 5.02 Å². The van der Waals surface area contributed by atoms with E-state index in [-0.39, 0.29) is 18.1 Å². The summed E-state index contributed by atoms with van der Waals surface area (Å²) < 4.78 is 5.39. The van der Waals surface area contributed by atoms with Crippen molar-refractivity contribution in [2.24, 2.45) is 0 Å². The number of hydrogen-bond donors (Lipinski definition) is 2. The molecular weight excluding hydrogens is 380 g/mol. The van der Waals surface area contributed by atoms with Gasteiger partial charge in [0.15, 0.2) is 0 Å². The van der Waals surface area contributed by atoms with E-state index < -0.39 is 5.91 Å². The van der Waals surface area contributed by atoms with Crippen molar-refractivity contribution in [2.45, 2.75) is 13.1 Å². The first-order valence-corrected chi connectivity index (χ1v) is 9.53. The molecule has 1 saturated heterocycles. The third-order valence-corrected chi connectivity index (χ3v) is 4.69. The highest BCUT2D eigenvalue weighted by molar-refractivity contribution is 6.30. The van der Waals surface area contributed by atoms with Gasteiger partial charge in [-0.3, -0.25) is 19.5 Å². The molecule has 8 heteroatoms. The first-order chi connectivity index (χ1) is 13.6. The van der Waals surface area contributed by atoms with E-state index in [4.69, 9.17) is 16.3 Å². The monoisotopic (exact) mass is 402 g/mol. The lowest BCUT2D eigenvalue weighted by Gasteiger charge is -2.27. The Bertz CT molecular complexity index is 825. The van der Waals surface area contributed by atoms with Crippen LogP contribution in [0, 0.1) is 0 Å². The Labute approximate surface area is 169 Å². The van der Waals surface area contributed by atoms with E-state index in [1.54, 1.807) is 6.07 Å². The Kier molecular flexibility index (Phi) is 7.36. The predicted octanol–water partition coefficient (Wildman–Crippen LogP) is 1.61. The molecule has 1 aliphatic heterocycles. The lowest BCUT2D eigenvalue weighted by Crippen LogP contribution is -2.37. The van der Waals surface area contributed by atoms with E-state index >= 15 is 0 Å². The molecule has 0 atom stereocenters. The van der Waals surface area contributed by atoms with Gasteiger partial charge in [-0.15, -0.1) is 0 Å². The largest absolute Gasteiger partial charge is 0.379 e. The van der Waals surface area contributed by atoms with Gasteiger partial charge in [0.1, 0.15) is 5.69 Å². The topological polar surface area (TPSA) is 83.6 Å². The van der Waals surface area contributed by atoms with Crippen LogP contribution in [0.5, 0.6) is 0 Å². The molecule has 0 aliphatic carbocycles. The zero-order chi connectivity index (χ0) is 19.8. The highest BCUT2D eigenvalue weighted by atomic mass is 35.5. The number of pyridine rings is 1. The van der Waals surface area contributed by atoms with Crippen LogP contribution in [-0.4, -0.2) is 54.5 Å². The average Bonchev–Trinajstić information content (AvgIpc) is 2.72. The molecule has 2 heterocycles. The van der Waals surface area contributed by atoms with Crippen molar-refractivity contribution in [3.8, 4) is 0 Å². The first-order valence-electron chi connectivity index (χ1n) is 9.15. The summed E-state index contributed by atoms with van der Waals surface area (Å²) in [5, 5.41) is 5.82. The van der Waals surface area contributed by atoms with Crippen molar-refractivity contribution in [3.05, 3.63) is 64.4 Å². The van der Waals surface area contributed by atoms with Crippen LogP contribution in [0.15, 0.2) is 42.6 Å². The van der Waals surface area contributed by atoms with Gasteiger partial charge >= 0.3 is 0 Å². The van der Waals surface area contributed by atoms with Crippen molar-refractivity contribution in [3.63, 3.8) is 0 Å². The number of benzene rings is 1. The van der Waals surface area contributed by atoms with Gasteiger partial charge in [-0.25, -0.2) is 0 Å².